The molecule has 0 spiro atoms. The molecule has 1 N–H and O–H groups in total. The number of phosphoric acid groups is 1. The molecule has 0 aliphatic carbocycles. The Morgan fingerprint density at radius 1 is 1.14 bits per heavy atom. The second-order valence-electron chi connectivity index (χ2n) is 8.67. The molecule has 9 heteroatoms. The third kappa shape index (κ3) is 7.82. The summed E-state index contributed by atoms with van der Waals surface area (Å²) >= 11 is 0. The molecule has 168 valence electrons. The zero-order chi connectivity index (χ0) is 22.3. The maximum absolute atomic E-state index is 12.2. The average Bonchev–Trinajstić information content (AvgIpc) is 2.55. The van der Waals surface area contributed by atoms with E-state index in [0.29, 0.717) is 6.42 Å². The highest BCUT2D eigenvalue weighted by molar-refractivity contribution is 7.48. The Hall–Kier alpha value is -0.683. The van der Waals surface area contributed by atoms with Gasteiger partial charge in [0, 0.05) is 12.5 Å². The van der Waals surface area contributed by atoms with Gasteiger partial charge in [-0.25, -0.2) is 4.57 Å². The van der Waals surface area contributed by atoms with Gasteiger partial charge in [-0.3, -0.25) is 18.4 Å². The number of phosphoric ester groups is 1. The van der Waals surface area contributed by atoms with Crippen molar-refractivity contribution >= 4 is 22.0 Å². The van der Waals surface area contributed by atoms with Gasteiger partial charge in [0.2, 0.25) is 5.91 Å². The Labute approximate surface area is 177 Å². The molecule has 0 unspecified atom stereocenters. The highest BCUT2D eigenvalue weighted by atomic mass is 31.2. The van der Waals surface area contributed by atoms with Crippen LogP contribution in [0.4, 0.5) is 0 Å². The smallest absolute Gasteiger partial charge is 0.413 e. The molecule has 1 aliphatic rings. The van der Waals surface area contributed by atoms with Gasteiger partial charge in [-0.2, -0.15) is 0 Å². The Morgan fingerprint density at radius 2 is 1.72 bits per heavy atom. The van der Waals surface area contributed by atoms with Gasteiger partial charge in [-0.1, -0.05) is 26.7 Å². The van der Waals surface area contributed by atoms with E-state index in [1.54, 1.807) is 13.8 Å². The minimum Gasteiger partial charge on any atom is -0.413 e. The fourth-order valence-electron chi connectivity index (χ4n) is 2.87. The van der Waals surface area contributed by atoms with Crippen LogP contribution in [0.2, 0.25) is 18.1 Å². The van der Waals surface area contributed by atoms with Crippen molar-refractivity contribution in [2.24, 2.45) is 5.92 Å². The summed E-state index contributed by atoms with van der Waals surface area (Å²) in [5.41, 5.74) is 0. The number of hydrogen-bond acceptors (Lipinski definition) is 6. The quantitative estimate of drug-likeness (QED) is 0.217. The van der Waals surface area contributed by atoms with Gasteiger partial charge in [0.05, 0.1) is 25.2 Å². The number of rotatable bonds is 11. The van der Waals surface area contributed by atoms with Gasteiger partial charge in [-0.05, 0) is 45.3 Å². The summed E-state index contributed by atoms with van der Waals surface area (Å²) < 4.78 is 33.8. The molecule has 0 aromatic rings. The first-order valence-corrected chi connectivity index (χ1v) is 14.7. The molecule has 1 amide bonds. The molecular formula is C20H38NO6PSi. The van der Waals surface area contributed by atoms with Crippen LogP contribution in [0.25, 0.3) is 0 Å². The van der Waals surface area contributed by atoms with Crippen molar-refractivity contribution in [1.82, 2.24) is 5.32 Å². The molecule has 1 aliphatic heterocycles. The molecule has 1 fully saturated rings. The molecular weight excluding hydrogens is 409 g/mol. The van der Waals surface area contributed by atoms with Crippen molar-refractivity contribution in [2.75, 3.05) is 19.8 Å². The zero-order valence-corrected chi connectivity index (χ0v) is 21.1. The Bertz CT molecular complexity index is 642. The average molecular weight is 448 g/mol. The summed E-state index contributed by atoms with van der Waals surface area (Å²) in [5, 5.41) is 3.06. The number of hydrogen-bond donors (Lipinski definition) is 1. The predicted octanol–water partition coefficient (Wildman–Crippen LogP) is 4.49. The lowest BCUT2D eigenvalue weighted by Crippen LogP contribution is -2.63. The minimum absolute atomic E-state index is 0.0252. The molecule has 0 aromatic carbocycles. The second kappa shape index (κ2) is 11.1. The van der Waals surface area contributed by atoms with Crippen molar-refractivity contribution in [3.63, 3.8) is 0 Å². The molecule has 0 radical (unpaired) electrons. The lowest BCUT2D eigenvalue weighted by atomic mass is 9.83. The van der Waals surface area contributed by atoms with E-state index in [-0.39, 0.29) is 48.8 Å². The molecule has 0 aromatic heterocycles. The summed E-state index contributed by atoms with van der Waals surface area (Å²) in [6.45, 7) is 16.9. The fraction of sp³-hybridized carbons (Fsp3) is 0.850. The number of amides is 1. The second-order valence-corrected chi connectivity index (χ2v) is 15.1. The first-order valence-electron chi connectivity index (χ1n) is 10.3. The van der Waals surface area contributed by atoms with E-state index in [0.717, 1.165) is 6.42 Å². The largest absolute Gasteiger partial charge is 0.475 e. The number of carbonyl (C=O) groups is 1. The molecule has 1 heterocycles. The number of β-lactam (4-membered cyclic amide) rings is 1. The van der Waals surface area contributed by atoms with Crippen molar-refractivity contribution in [2.45, 2.75) is 84.7 Å². The fourth-order valence-corrected chi connectivity index (χ4v) is 5.38. The first kappa shape index (κ1) is 26.4. The van der Waals surface area contributed by atoms with Crippen LogP contribution in [0.5, 0.6) is 0 Å². The van der Waals surface area contributed by atoms with Crippen LogP contribution in [-0.2, 0) is 27.4 Å². The third-order valence-electron chi connectivity index (χ3n) is 5.43. The van der Waals surface area contributed by atoms with E-state index in [4.69, 9.17) is 18.0 Å². The van der Waals surface area contributed by atoms with Crippen LogP contribution in [0.3, 0.4) is 0 Å². The SMILES string of the molecule is CCOP(=O)(OCC)OCC#CCC[C@H]1NC(=O)[C@@H]1[C@@H](C)O[Si](C)(C)C(C)(C)C. The van der Waals surface area contributed by atoms with Gasteiger partial charge < -0.3 is 9.74 Å². The van der Waals surface area contributed by atoms with Gasteiger partial charge in [0.1, 0.15) is 6.61 Å². The van der Waals surface area contributed by atoms with Gasteiger partial charge >= 0.3 is 7.82 Å². The third-order valence-corrected chi connectivity index (χ3v) is 11.6. The Kier molecular flexibility index (Phi) is 10.1. The highest BCUT2D eigenvalue weighted by Gasteiger charge is 2.46. The van der Waals surface area contributed by atoms with E-state index in [1.165, 1.54) is 0 Å². The zero-order valence-electron chi connectivity index (χ0n) is 19.2. The standard InChI is InChI=1S/C20H38NO6PSi/c1-9-24-28(23,25-10-2)26-15-13-11-12-14-17-18(19(22)21-17)16(3)27-29(7,8)20(4,5)6/h16-18H,9-10,12,14-15H2,1-8H3,(H,21,22)/t16-,17-,18-/m1/s1. The number of nitrogens with one attached hydrogen (secondary N) is 1. The molecule has 0 saturated carbocycles. The van der Waals surface area contributed by atoms with Crippen molar-refractivity contribution in [1.29, 1.82) is 0 Å². The van der Waals surface area contributed by atoms with E-state index in [9.17, 15) is 9.36 Å². The van der Waals surface area contributed by atoms with Crippen molar-refractivity contribution in [3.8, 4) is 11.8 Å². The van der Waals surface area contributed by atoms with Gasteiger partial charge in [0.15, 0.2) is 8.32 Å². The normalized spacial score (nSPS) is 21.0. The topological polar surface area (TPSA) is 83.1 Å². The van der Waals surface area contributed by atoms with E-state index in [1.807, 2.05) is 6.92 Å². The van der Waals surface area contributed by atoms with Crippen LogP contribution in [0.15, 0.2) is 0 Å². The molecule has 1 rings (SSSR count). The monoisotopic (exact) mass is 447 g/mol. The van der Waals surface area contributed by atoms with Gasteiger partial charge in [-0.15, -0.1) is 5.92 Å². The maximum Gasteiger partial charge on any atom is 0.475 e. The molecule has 29 heavy (non-hydrogen) atoms. The van der Waals surface area contributed by atoms with Crippen molar-refractivity contribution in [3.05, 3.63) is 0 Å². The first-order chi connectivity index (χ1) is 13.4. The lowest BCUT2D eigenvalue weighted by molar-refractivity contribution is -0.140. The predicted molar refractivity (Wildman–Crippen MR) is 117 cm³/mol. The molecule has 0 bridgehead atoms. The minimum atomic E-state index is -3.52. The Morgan fingerprint density at radius 3 is 2.21 bits per heavy atom. The van der Waals surface area contributed by atoms with Crippen LogP contribution in [0, 0.1) is 17.8 Å². The van der Waals surface area contributed by atoms with Crippen LogP contribution < -0.4 is 5.32 Å². The van der Waals surface area contributed by atoms with Crippen LogP contribution >= 0.6 is 7.82 Å². The number of carbonyl (C=O) groups excluding carboxylic acids is 1. The van der Waals surface area contributed by atoms with Gasteiger partial charge in [0.25, 0.3) is 0 Å². The summed E-state index contributed by atoms with van der Waals surface area (Å²) in [6, 6.07) is 0.0652. The summed E-state index contributed by atoms with van der Waals surface area (Å²) in [4.78, 5) is 12.1. The molecule has 3 atom stereocenters. The maximum atomic E-state index is 12.2. The summed E-state index contributed by atoms with van der Waals surface area (Å²) in [6.07, 6.45) is 1.23. The molecule has 1 saturated heterocycles. The Balaban J connectivity index is 2.49. The molecule has 7 nitrogen and oxygen atoms in total. The van der Waals surface area contributed by atoms with Crippen LogP contribution in [-0.4, -0.2) is 46.2 Å². The lowest BCUT2D eigenvalue weighted by Gasteiger charge is -2.45. The van der Waals surface area contributed by atoms with E-state index >= 15 is 0 Å². The summed E-state index contributed by atoms with van der Waals surface area (Å²) in [5.74, 6) is 5.74. The summed E-state index contributed by atoms with van der Waals surface area (Å²) in [7, 11) is -5.45. The highest BCUT2D eigenvalue weighted by Crippen LogP contribution is 2.48. The van der Waals surface area contributed by atoms with E-state index < -0.39 is 16.1 Å². The van der Waals surface area contributed by atoms with Crippen LogP contribution in [0.1, 0.15) is 54.4 Å². The van der Waals surface area contributed by atoms with E-state index in [2.05, 4.69) is 51.0 Å². The van der Waals surface area contributed by atoms with Crippen molar-refractivity contribution < 1.29 is 27.4 Å².